The van der Waals surface area contributed by atoms with E-state index < -0.39 is 5.54 Å². The summed E-state index contributed by atoms with van der Waals surface area (Å²) in [6.45, 7) is 8.38. The molecule has 204 valence electrons. The molecule has 0 radical (unpaired) electrons. The highest BCUT2D eigenvalue weighted by atomic mass is 35.5. The summed E-state index contributed by atoms with van der Waals surface area (Å²) in [4.78, 5) is 42.7. The van der Waals surface area contributed by atoms with Crippen molar-refractivity contribution >= 4 is 46.6 Å². The monoisotopic (exact) mass is 558 g/mol. The van der Waals surface area contributed by atoms with E-state index in [0.717, 1.165) is 11.1 Å². The Kier molecular flexibility index (Phi) is 8.40. The van der Waals surface area contributed by atoms with Crippen molar-refractivity contribution in [3.05, 3.63) is 63.6 Å². The molecule has 1 atom stereocenters. The zero-order chi connectivity index (χ0) is 27.7. The molecule has 1 fully saturated rings. The second-order valence-electron chi connectivity index (χ2n) is 11.6. The second kappa shape index (κ2) is 11.2. The number of likely N-dealkylation sites (tertiary alicyclic amines) is 1. The summed E-state index contributed by atoms with van der Waals surface area (Å²) in [5.41, 5.74) is 6.71. The molecule has 0 saturated carbocycles. The number of nitrogens with zero attached hydrogens (tertiary/aromatic N) is 2. The average Bonchev–Trinajstić information content (AvgIpc) is 3.11. The minimum Gasteiger partial charge on any atom is -0.369 e. The van der Waals surface area contributed by atoms with Gasteiger partial charge in [0.25, 0.3) is 0 Å². The zero-order valence-corrected chi connectivity index (χ0v) is 23.7. The van der Waals surface area contributed by atoms with Crippen LogP contribution in [-0.2, 0) is 26.3 Å². The van der Waals surface area contributed by atoms with E-state index in [-0.39, 0.29) is 35.5 Å². The molecule has 2 aliphatic rings. The summed E-state index contributed by atoms with van der Waals surface area (Å²) in [6.07, 6.45) is 1.82. The Labute approximate surface area is 234 Å². The molecule has 1 saturated heterocycles. The number of hydrogen-bond donors (Lipinski definition) is 2. The summed E-state index contributed by atoms with van der Waals surface area (Å²) in [5, 5.41) is 4.20. The van der Waals surface area contributed by atoms with Crippen molar-refractivity contribution in [2.75, 3.05) is 31.5 Å². The number of fused-ring (bicyclic) bond motifs is 1. The normalized spacial score (nSPS) is 19.9. The maximum absolute atomic E-state index is 14.0. The van der Waals surface area contributed by atoms with Gasteiger partial charge in [-0.05, 0) is 48.1 Å². The molecule has 38 heavy (non-hydrogen) atoms. The van der Waals surface area contributed by atoms with Crippen LogP contribution in [0, 0.1) is 11.3 Å². The van der Waals surface area contributed by atoms with Crippen molar-refractivity contribution in [1.82, 2.24) is 9.80 Å². The van der Waals surface area contributed by atoms with E-state index in [1.807, 2.05) is 30.3 Å². The van der Waals surface area contributed by atoms with Gasteiger partial charge in [0, 0.05) is 66.2 Å². The topological polar surface area (TPSA) is 95.7 Å². The molecule has 7 nitrogen and oxygen atoms in total. The lowest BCUT2D eigenvalue weighted by atomic mass is 9.81. The van der Waals surface area contributed by atoms with Crippen LogP contribution in [0.1, 0.15) is 51.2 Å². The fraction of sp³-hybridized carbons (Fsp3) is 0.483. The molecule has 2 aromatic carbocycles. The van der Waals surface area contributed by atoms with Gasteiger partial charge in [0.1, 0.15) is 5.54 Å². The molecule has 4 rings (SSSR count). The number of carbonyl (C=O) groups excluding carboxylic acids is 3. The molecular formula is C29H36Cl2N4O3. The van der Waals surface area contributed by atoms with Gasteiger partial charge < -0.3 is 16.0 Å². The average molecular weight is 560 g/mol. The van der Waals surface area contributed by atoms with Crippen LogP contribution < -0.4 is 11.1 Å². The summed E-state index contributed by atoms with van der Waals surface area (Å²) in [6, 6.07) is 13.0. The Balaban J connectivity index is 1.67. The maximum Gasteiger partial charge on any atom is 0.249 e. The van der Waals surface area contributed by atoms with Crippen molar-refractivity contribution in [1.29, 1.82) is 0 Å². The van der Waals surface area contributed by atoms with Gasteiger partial charge in [-0.15, -0.1) is 0 Å². The Morgan fingerprint density at radius 2 is 1.79 bits per heavy atom. The minimum absolute atomic E-state index is 0.0134. The van der Waals surface area contributed by atoms with Crippen LogP contribution in [-0.4, -0.2) is 53.7 Å². The molecular weight excluding hydrogens is 523 g/mol. The largest absolute Gasteiger partial charge is 0.369 e. The number of rotatable bonds is 8. The third-order valence-corrected chi connectivity index (χ3v) is 7.92. The standard InChI is InChI=1S/C29H36Cl2N4O3/c1-28(2,3)18-35(14-11-25(36)34-12-9-20(10-13-34)26(32)37)29(17-19-5-4-6-21(30)15-19)23-8-7-22(31)16-24(23)33-27(29)38/h4-8,15-16,20H,9-14,17-18H2,1-3H3,(H2,32,37)(H,33,38). The molecule has 2 heterocycles. The fourth-order valence-corrected chi connectivity index (χ4v) is 6.04. The highest BCUT2D eigenvalue weighted by molar-refractivity contribution is 6.31. The number of hydrogen-bond acceptors (Lipinski definition) is 4. The van der Waals surface area contributed by atoms with Crippen molar-refractivity contribution in [3.63, 3.8) is 0 Å². The Morgan fingerprint density at radius 3 is 2.42 bits per heavy atom. The van der Waals surface area contributed by atoms with Gasteiger partial charge in [-0.1, -0.05) is 62.2 Å². The van der Waals surface area contributed by atoms with Crippen molar-refractivity contribution < 1.29 is 14.4 Å². The molecule has 0 bridgehead atoms. The molecule has 0 spiro atoms. The zero-order valence-electron chi connectivity index (χ0n) is 22.2. The van der Waals surface area contributed by atoms with Crippen molar-refractivity contribution in [3.8, 4) is 0 Å². The van der Waals surface area contributed by atoms with Crippen LogP contribution in [0.25, 0.3) is 0 Å². The van der Waals surface area contributed by atoms with Crippen LogP contribution >= 0.6 is 23.2 Å². The third-order valence-electron chi connectivity index (χ3n) is 7.45. The Hall–Kier alpha value is -2.61. The number of carbonyl (C=O) groups is 3. The third kappa shape index (κ3) is 6.16. The second-order valence-corrected chi connectivity index (χ2v) is 12.5. The number of halogens is 2. The number of nitrogens with one attached hydrogen (secondary N) is 1. The van der Waals surface area contributed by atoms with Gasteiger partial charge in [0.2, 0.25) is 17.7 Å². The molecule has 0 aliphatic carbocycles. The number of primary amides is 1. The Bertz CT molecular complexity index is 1220. The molecule has 0 aromatic heterocycles. The Morgan fingerprint density at radius 1 is 1.11 bits per heavy atom. The van der Waals surface area contributed by atoms with E-state index in [1.165, 1.54) is 0 Å². The van der Waals surface area contributed by atoms with Crippen LogP contribution in [0.5, 0.6) is 0 Å². The summed E-state index contributed by atoms with van der Waals surface area (Å²) in [7, 11) is 0. The minimum atomic E-state index is -1.04. The van der Waals surface area contributed by atoms with Crippen molar-refractivity contribution in [2.24, 2.45) is 17.1 Å². The molecule has 2 aliphatic heterocycles. The number of piperidine rings is 1. The van der Waals surface area contributed by atoms with Crippen LogP contribution in [0.15, 0.2) is 42.5 Å². The molecule has 3 N–H and O–H groups in total. The first-order valence-corrected chi connectivity index (χ1v) is 13.8. The van der Waals surface area contributed by atoms with E-state index in [4.69, 9.17) is 28.9 Å². The lowest BCUT2D eigenvalue weighted by molar-refractivity contribution is -0.137. The quantitative estimate of drug-likeness (QED) is 0.484. The predicted molar refractivity (Wildman–Crippen MR) is 151 cm³/mol. The van der Waals surface area contributed by atoms with Crippen LogP contribution in [0.2, 0.25) is 10.0 Å². The molecule has 2 aromatic rings. The number of nitrogens with two attached hydrogens (primary N) is 1. The van der Waals surface area contributed by atoms with E-state index in [1.54, 1.807) is 17.0 Å². The van der Waals surface area contributed by atoms with Crippen LogP contribution in [0.4, 0.5) is 5.69 Å². The lowest BCUT2D eigenvalue weighted by Gasteiger charge is -2.43. The first-order valence-electron chi connectivity index (χ1n) is 13.1. The predicted octanol–water partition coefficient (Wildman–Crippen LogP) is 4.85. The molecule has 1 unspecified atom stereocenters. The van der Waals surface area contributed by atoms with E-state index in [0.29, 0.717) is 61.2 Å². The summed E-state index contributed by atoms with van der Waals surface area (Å²) in [5.74, 6) is -0.612. The highest BCUT2D eigenvalue weighted by Gasteiger charge is 2.52. The van der Waals surface area contributed by atoms with Gasteiger partial charge in [-0.25, -0.2) is 0 Å². The first kappa shape index (κ1) is 28.4. The summed E-state index contributed by atoms with van der Waals surface area (Å²) < 4.78 is 0. The van der Waals surface area contributed by atoms with E-state index >= 15 is 0 Å². The highest BCUT2D eigenvalue weighted by Crippen LogP contribution is 2.45. The van der Waals surface area contributed by atoms with E-state index in [2.05, 4.69) is 31.0 Å². The summed E-state index contributed by atoms with van der Waals surface area (Å²) >= 11 is 12.6. The van der Waals surface area contributed by atoms with Crippen molar-refractivity contribution in [2.45, 2.75) is 52.0 Å². The molecule has 3 amide bonds. The van der Waals surface area contributed by atoms with E-state index in [9.17, 15) is 14.4 Å². The van der Waals surface area contributed by atoms with Gasteiger partial charge in [-0.3, -0.25) is 19.3 Å². The SMILES string of the molecule is CC(C)(C)CN(CCC(=O)N1CCC(C(N)=O)CC1)C1(Cc2cccc(Cl)c2)C(=O)Nc2cc(Cl)ccc21. The first-order chi connectivity index (χ1) is 17.9. The lowest BCUT2D eigenvalue weighted by Crippen LogP contribution is -2.56. The smallest absolute Gasteiger partial charge is 0.249 e. The van der Waals surface area contributed by atoms with Crippen LogP contribution in [0.3, 0.4) is 0 Å². The number of anilines is 1. The van der Waals surface area contributed by atoms with Gasteiger partial charge in [0.05, 0.1) is 0 Å². The number of amides is 3. The van der Waals surface area contributed by atoms with Gasteiger partial charge in [0.15, 0.2) is 0 Å². The van der Waals surface area contributed by atoms with Gasteiger partial charge >= 0.3 is 0 Å². The maximum atomic E-state index is 14.0. The molecule has 9 heteroatoms. The van der Waals surface area contributed by atoms with Gasteiger partial charge in [-0.2, -0.15) is 0 Å². The fourth-order valence-electron chi connectivity index (χ4n) is 5.65. The number of benzene rings is 2.